The van der Waals surface area contributed by atoms with Crippen molar-refractivity contribution in [1.82, 2.24) is 10.2 Å². The zero-order valence-corrected chi connectivity index (χ0v) is 22.0. The van der Waals surface area contributed by atoms with Gasteiger partial charge in [0.05, 0.1) is 26.6 Å². The Kier molecular flexibility index (Phi) is 17.0. The van der Waals surface area contributed by atoms with E-state index in [1.807, 2.05) is 21.0 Å². The van der Waals surface area contributed by atoms with E-state index in [2.05, 4.69) is 11.9 Å². The van der Waals surface area contributed by atoms with Gasteiger partial charge in [0, 0.05) is 43.3 Å². The molecule has 0 aliphatic heterocycles. The van der Waals surface area contributed by atoms with E-state index in [9.17, 15) is 19.5 Å². The molecule has 2 amide bonds. The fourth-order valence-electron chi connectivity index (χ4n) is 3.82. The normalized spacial score (nSPS) is 11.9. The predicted molar refractivity (Wildman–Crippen MR) is 135 cm³/mol. The summed E-state index contributed by atoms with van der Waals surface area (Å²) in [6.45, 7) is 10.2. The molecule has 0 heterocycles. The maximum atomic E-state index is 12.9. The van der Waals surface area contributed by atoms with Gasteiger partial charge in [0.15, 0.2) is 0 Å². The smallest absolute Gasteiger partial charge is 0.250 e. The molecule has 0 aromatic carbocycles. The number of aliphatic carboxylic acids is 1. The first-order chi connectivity index (χ1) is 16.0. The Morgan fingerprint density at radius 2 is 1.59 bits per heavy atom. The third-order valence-electron chi connectivity index (χ3n) is 5.77. The quantitative estimate of drug-likeness (QED) is 0.157. The Bertz CT molecular complexity index is 674. The molecule has 0 bridgehead atoms. The van der Waals surface area contributed by atoms with E-state index < -0.39 is 5.97 Å². The highest BCUT2D eigenvalue weighted by atomic mass is 16.4. The van der Waals surface area contributed by atoms with E-state index in [-0.39, 0.29) is 17.4 Å². The van der Waals surface area contributed by atoms with Crippen LogP contribution in [0, 0.1) is 0 Å². The van der Waals surface area contributed by atoms with Crippen molar-refractivity contribution in [1.29, 1.82) is 0 Å². The van der Waals surface area contributed by atoms with Crippen LogP contribution >= 0.6 is 0 Å². The minimum Gasteiger partial charge on any atom is -0.545 e. The number of nitrogens with zero attached hydrogens (tertiary/aromatic N) is 2. The highest BCUT2D eigenvalue weighted by Gasteiger charge is 2.20. The number of carbonyl (C=O) groups excluding carboxylic acids is 3. The summed E-state index contributed by atoms with van der Waals surface area (Å²) in [5, 5.41) is 13.7. The van der Waals surface area contributed by atoms with Crippen LogP contribution in [0.2, 0.25) is 0 Å². The fraction of sp³-hybridized carbons (Fsp3) is 0.731. The van der Waals surface area contributed by atoms with Crippen LogP contribution < -0.4 is 16.2 Å². The van der Waals surface area contributed by atoms with Gasteiger partial charge >= 0.3 is 0 Å². The van der Waals surface area contributed by atoms with Crippen molar-refractivity contribution in [2.75, 3.05) is 46.8 Å². The molecule has 0 saturated carbocycles. The van der Waals surface area contributed by atoms with Crippen molar-refractivity contribution >= 4 is 17.8 Å². The van der Waals surface area contributed by atoms with Gasteiger partial charge in [-0.2, -0.15) is 0 Å². The highest BCUT2D eigenvalue weighted by molar-refractivity contribution is 5.93. The second-order valence-corrected chi connectivity index (χ2v) is 9.76. The molecule has 0 aliphatic rings. The van der Waals surface area contributed by atoms with Gasteiger partial charge in [-0.15, -0.1) is 0 Å². The number of nitrogens with two attached hydrogens (primary N) is 1. The van der Waals surface area contributed by atoms with Crippen LogP contribution in [0.25, 0.3) is 0 Å². The average molecular weight is 481 g/mol. The van der Waals surface area contributed by atoms with Crippen LogP contribution in [-0.4, -0.2) is 74.0 Å². The second-order valence-electron chi connectivity index (χ2n) is 9.76. The molecular formula is C26H48N4O4. The molecule has 8 heteroatoms. The molecule has 8 nitrogen and oxygen atoms in total. The standard InChI is InChI=1S/C26H48N4O4/c1-6-17-29(18-14-19-30(4,5)21-23(3)26(33)34)25(32)22(2)20-28-24(31)15-12-10-8-7-9-11-13-16-27/h20H,3,6-19,21,27H2,1-2,4-5H3,(H-,28,31,32,33,34). The maximum absolute atomic E-state index is 12.9. The summed E-state index contributed by atoms with van der Waals surface area (Å²) in [5.41, 5.74) is 6.06. The first-order valence-corrected chi connectivity index (χ1v) is 12.7. The Morgan fingerprint density at radius 3 is 2.15 bits per heavy atom. The van der Waals surface area contributed by atoms with E-state index in [1.165, 1.54) is 25.5 Å². The summed E-state index contributed by atoms with van der Waals surface area (Å²) in [4.78, 5) is 37.7. The number of likely N-dealkylation sites (N-methyl/N-ethyl adjacent to an activating group) is 1. The highest BCUT2D eigenvalue weighted by Crippen LogP contribution is 2.10. The van der Waals surface area contributed by atoms with Gasteiger partial charge in [-0.25, -0.2) is 0 Å². The third-order valence-corrected chi connectivity index (χ3v) is 5.77. The van der Waals surface area contributed by atoms with Crippen molar-refractivity contribution in [2.45, 2.75) is 78.1 Å². The number of hydrogen-bond acceptors (Lipinski definition) is 5. The Balaban J connectivity index is 4.44. The van der Waals surface area contributed by atoms with Crippen LogP contribution in [-0.2, 0) is 14.4 Å². The minimum absolute atomic E-state index is 0.0653. The topological polar surface area (TPSA) is 116 Å². The second kappa shape index (κ2) is 18.2. The van der Waals surface area contributed by atoms with Crippen molar-refractivity contribution in [2.24, 2.45) is 5.73 Å². The summed E-state index contributed by atoms with van der Waals surface area (Å²) in [5.74, 6) is -1.39. The summed E-state index contributed by atoms with van der Waals surface area (Å²) < 4.78 is 0.458. The lowest BCUT2D eigenvalue weighted by atomic mass is 10.1. The van der Waals surface area contributed by atoms with Crippen LogP contribution in [0.1, 0.15) is 78.1 Å². The number of rotatable bonds is 20. The zero-order valence-electron chi connectivity index (χ0n) is 22.0. The number of unbranched alkanes of at least 4 members (excludes halogenated alkanes) is 6. The zero-order chi connectivity index (χ0) is 26.0. The Morgan fingerprint density at radius 1 is 1.00 bits per heavy atom. The molecule has 34 heavy (non-hydrogen) atoms. The van der Waals surface area contributed by atoms with Gasteiger partial charge in [0.2, 0.25) is 5.91 Å². The van der Waals surface area contributed by atoms with E-state index >= 15 is 0 Å². The van der Waals surface area contributed by atoms with E-state index in [1.54, 1.807) is 11.8 Å². The molecule has 0 atom stereocenters. The lowest BCUT2D eigenvalue weighted by Gasteiger charge is -2.32. The molecule has 3 N–H and O–H groups in total. The molecule has 0 radical (unpaired) electrons. The number of carboxylic acids is 1. The molecule has 0 spiro atoms. The minimum atomic E-state index is -1.23. The van der Waals surface area contributed by atoms with E-state index in [0.29, 0.717) is 42.7 Å². The summed E-state index contributed by atoms with van der Waals surface area (Å²) in [7, 11) is 3.87. The van der Waals surface area contributed by atoms with Gasteiger partial charge < -0.3 is 30.3 Å². The number of carboxylic acid groups (broad SMARTS) is 1. The summed E-state index contributed by atoms with van der Waals surface area (Å²) >= 11 is 0. The Hall–Kier alpha value is -2.19. The average Bonchev–Trinajstić information content (AvgIpc) is 2.77. The third kappa shape index (κ3) is 15.6. The molecule has 0 rings (SSSR count). The number of nitrogens with one attached hydrogen (secondary N) is 1. The number of hydrogen-bond donors (Lipinski definition) is 2. The molecule has 0 aromatic heterocycles. The van der Waals surface area contributed by atoms with Gasteiger partial charge in [-0.05, 0) is 32.7 Å². The largest absolute Gasteiger partial charge is 0.545 e. The molecule has 0 unspecified atom stereocenters. The van der Waals surface area contributed by atoms with Crippen molar-refractivity contribution in [3.05, 3.63) is 23.9 Å². The van der Waals surface area contributed by atoms with Gasteiger partial charge in [0.25, 0.3) is 5.91 Å². The molecule has 0 fully saturated rings. The molecule has 0 aromatic rings. The number of amides is 2. The van der Waals surface area contributed by atoms with Gasteiger partial charge in [-0.3, -0.25) is 9.59 Å². The van der Waals surface area contributed by atoms with Crippen molar-refractivity contribution in [3.63, 3.8) is 0 Å². The van der Waals surface area contributed by atoms with Crippen LogP contribution in [0.4, 0.5) is 0 Å². The summed E-state index contributed by atoms with van der Waals surface area (Å²) in [6, 6.07) is 0. The van der Waals surface area contributed by atoms with Crippen LogP contribution in [0.3, 0.4) is 0 Å². The van der Waals surface area contributed by atoms with Crippen LogP contribution in [0.15, 0.2) is 23.9 Å². The van der Waals surface area contributed by atoms with Gasteiger partial charge in [-0.1, -0.05) is 45.6 Å². The lowest BCUT2D eigenvalue weighted by molar-refractivity contribution is -0.885. The lowest BCUT2D eigenvalue weighted by Crippen LogP contribution is -2.46. The van der Waals surface area contributed by atoms with Crippen molar-refractivity contribution < 1.29 is 24.0 Å². The number of carbonyl (C=O) groups is 3. The fourth-order valence-corrected chi connectivity index (χ4v) is 3.82. The molecular weight excluding hydrogens is 432 g/mol. The Labute approximate surface area is 206 Å². The van der Waals surface area contributed by atoms with Gasteiger partial charge in [0.1, 0.15) is 6.54 Å². The van der Waals surface area contributed by atoms with Crippen LogP contribution in [0.5, 0.6) is 0 Å². The summed E-state index contributed by atoms with van der Waals surface area (Å²) in [6.07, 6.45) is 11.2. The monoisotopic (exact) mass is 480 g/mol. The molecule has 0 aliphatic carbocycles. The predicted octanol–water partition coefficient (Wildman–Crippen LogP) is 2.10. The maximum Gasteiger partial charge on any atom is 0.250 e. The number of quaternary nitrogens is 1. The molecule has 196 valence electrons. The molecule has 0 saturated heterocycles. The first-order valence-electron chi connectivity index (χ1n) is 12.7. The van der Waals surface area contributed by atoms with E-state index in [4.69, 9.17) is 5.73 Å². The van der Waals surface area contributed by atoms with E-state index in [0.717, 1.165) is 45.1 Å². The first kappa shape index (κ1) is 31.8. The SMILES string of the molecule is C=C(C[N+](C)(C)CCCN(CCC)C(=O)C(C)=CNC(=O)CCCCCCCCCN)C(=O)[O-]. The van der Waals surface area contributed by atoms with Crippen molar-refractivity contribution in [3.8, 4) is 0 Å².